The molecule has 0 bridgehead atoms. The van der Waals surface area contributed by atoms with Crippen LogP contribution in [0.4, 0.5) is 0 Å². The molecule has 1 N–H and O–H groups in total. The second-order valence-electron chi connectivity index (χ2n) is 1.96. The van der Waals surface area contributed by atoms with E-state index in [0.717, 1.165) is 10.2 Å². The molecular weight excluding hydrogens is 212 g/mol. The summed E-state index contributed by atoms with van der Waals surface area (Å²) >= 11 is 3.29. The van der Waals surface area contributed by atoms with Crippen LogP contribution < -0.4 is 10.1 Å². The van der Waals surface area contributed by atoms with E-state index in [9.17, 15) is 0 Å². The van der Waals surface area contributed by atoms with Crippen molar-refractivity contribution in [3.63, 3.8) is 0 Å². The molecule has 62 valence electrons. The van der Waals surface area contributed by atoms with Crippen LogP contribution in [0.5, 0.6) is 5.88 Å². The van der Waals surface area contributed by atoms with Gasteiger partial charge < -0.3 is 14.6 Å². The molecule has 0 saturated heterocycles. The molecular formula is C6H9BrN2O2. The summed E-state index contributed by atoms with van der Waals surface area (Å²) in [5.41, 5.74) is 0. The zero-order valence-corrected chi connectivity index (χ0v) is 7.93. The predicted octanol–water partition coefficient (Wildman–Crippen LogP) is 1.17. The number of hydrogen-bond acceptors (Lipinski definition) is 4. The van der Waals surface area contributed by atoms with Gasteiger partial charge in [0.2, 0.25) is 0 Å². The number of nitrogens with one attached hydrogen (secondary N) is 1. The summed E-state index contributed by atoms with van der Waals surface area (Å²) in [7, 11) is 3.38. The van der Waals surface area contributed by atoms with E-state index in [2.05, 4.69) is 26.4 Å². The fourth-order valence-electron chi connectivity index (χ4n) is 0.693. The van der Waals surface area contributed by atoms with Crippen LogP contribution in [0.15, 0.2) is 9.00 Å². The first-order valence-electron chi connectivity index (χ1n) is 3.12. The first kappa shape index (κ1) is 8.55. The molecule has 5 heteroatoms. The van der Waals surface area contributed by atoms with Crippen molar-refractivity contribution >= 4 is 15.9 Å². The number of nitrogens with zero attached hydrogens (tertiary/aromatic N) is 1. The lowest BCUT2D eigenvalue weighted by atomic mass is 10.4. The van der Waals surface area contributed by atoms with E-state index in [1.54, 1.807) is 7.11 Å². The first-order valence-corrected chi connectivity index (χ1v) is 3.91. The molecule has 0 fully saturated rings. The largest absolute Gasteiger partial charge is 0.478 e. The Bertz CT molecular complexity index is 236. The Morgan fingerprint density at radius 1 is 1.73 bits per heavy atom. The minimum atomic E-state index is 0.482. The molecule has 0 aliphatic heterocycles. The average Bonchev–Trinajstić information content (AvgIpc) is 2.34. The summed E-state index contributed by atoms with van der Waals surface area (Å²) in [5, 5.41) is 6.61. The van der Waals surface area contributed by atoms with Crippen molar-refractivity contribution in [3.05, 3.63) is 10.2 Å². The Balaban J connectivity index is 2.82. The molecule has 1 aromatic heterocycles. The quantitative estimate of drug-likeness (QED) is 0.831. The second kappa shape index (κ2) is 3.73. The van der Waals surface area contributed by atoms with Crippen molar-refractivity contribution in [2.75, 3.05) is 14.2 Å². The van der Waals surface area contributed by atoms with Crippen LogP contribution in [-0.2, 0) is 6.54 Å². The third kappa shape index (κ3) is 1.72. The van der Waals surface area contributed by atoms with Gasteiger partial charge in [0.05, 0.1) is 13.7 Å². The van der Waals surface area contributed by atoms with Crippen LogP contribution in [0.3, 0.4) is 0 Å². The highest BCUT2D eigenvalue weighted by atomic mass is 79.9. The van der Waals surface area contributed by atoms with E-state index in [4.69, 9.17) is 9.26 Å². The normalized spacial score (nSPS) is 10.1. The van der Waals surface area contributed by atoms with Gasteiger partial charge in [0.1, 0.15) is 4.47 Å². The molecule has 0 unspecified atom stereocenters. The number of ether oxygens (including phenoxy) is 1. The molecule has 1 rings (SSSR count). The second-order valence-corrected chi connectivity index (χ2v) is 2.75. The van der Waals surface area contributed by atoms with Gasteiger partial charge in [-0.15, -0.1) is 0 Å². The van der Waals surface area contributed by atoms with Gasteiger partial charge in [-0.1, -0.05) is 0 Å². The molecule has 0 amide bonds. The van der Waals surface area contributed by atoms with Gasteiger partial charge in [0.25, 0.3) is 5.88 Å². The molecule has 1 aromatic rings. The molecule has 0 radical (unpaired) electrons. The molecule has 0 aliphatic carbocycles. The van der Waals surface area contributed by atoms with E-state index in [-0.39, 0.29) is 0 Å². The van der Waals surface area contributed by atoms with Gasteiger partial charge >= 0.3 is 0 Å². The van der Waals surface area contributed by atoms with E-state index >= 15 is 0 Å². The maximum absolute atomic E-state index is 4.94. The minimum absolute atomic E-state index is 0.482. The molecule has 0 atom stereocenters. The predicted molar refractivity (Wildman–Crippen MR) is 43.5 cm³/mol. The van der Waals surface area contributed by atoms with Crippen molar-refractivity contribution in [1.29, 1.82) is 0 Å². The van der Waals surface area contributed by atoms with Gasteiger partial charge in [-0.3, -0.25) is 0 Å². The topological polar surface area (TPSA) is 47.3 Å². The zero-order chi connectivity index (χ0) is 8.27. The summed E-state index contributed by atoms with van der Waals surface area (Å²) in [4.78, 5) is 0. The summed E-state index contributed by atoms with van der Waals surface area (Å²) in [6.45, 7) is 0.636. The molecule has 0 spiro atoms. The standard InChI is InChI=1S/C6H9BrN2O2/c1-8-3-4-5(7)6(10-2)9-11-4/h8H,3H2,1-2H3. The third-order valence-corrected chi connectivity index (χ3v) is 1.98. The Kier molecular flexibility index (Phi) is 2.90. The Labute approximate surface area is 73.0 Å². The highest BCUT2D eigenvalue weighted by Gasteiger charge is 2.11. The number of halogens is 1. The van der Waals surface area contributed by atoms with Gasteiger partial charge in [0, 0.05) is 0 Å². The molecule has 11 heavy (non-hydrogen) atoms. The summed E-state index contributed by atoms with van der Waals surface area (Å²) < 4.78 is 10.6. The fraction of sp³-hybridized carbons (Fsp3) is 0.500. The van der Waals surface area contributed by atoms with E-state index in [1.165, 1.54) is 0 Å². The van der Waals surface area contributed by atoms with E-state index in [1.807, 2.05) is 7.05 Å². The first-order chi connectivity index (χ1) is 5.29. The van der Waals surface area contributed by atoms with Crippen molar-refractivity contribution in [2.24, 2.45) is 0 Å². The average molecular weight is 221 g/mol. The number of rotatable bonds is 3. The van der Waals surface area contributed by atoms with Crippen molar-refractivity contribution in [2.45, 2.75) is 6.54 Å². The molecule has 1 heterocycles. The van der Waals surface area contributed by atoms with Crippen LogP contribution in [0.1, 0.15) is 5.76 Å². The van der Waals surface area contributed by atoms with Crippen molar-refractivity contribution < 1.29 is 9.26 Å². The van der Waals surface area contributed by atoms with Crippen LogP contribution in [0, 0.1) is 0 Å². The Morgan fingerprint density at radius 2 is 2.45 bits per heavy atom. The van der Waals surface area contributed by atoms with E-state index < -0.39 is 0 Å². The summed E-state index contributed by atoms with van der Waals surface area (Å²) in [6, 6.07) is 0. The molecule has 0 saturated carbocycles. The Morgan fingerprint density at radius 3 is 2.91 bits per heavy atom. The number of hydrogen-bond donors (Lipinski definition) is 1. The lowest BCUT2D eigenvalue weighted by Crippen LogP contribution is -2.04. The Hall–Kier alpha value is -0.550. The SMILES string of the molecule is CNCc1onc(OC)c1Br. The van der Waals surface area contributed by atoms with Gasteiger partial charge in [-0.2, -0.15) is 0 Å². The molecule has 4 nitrogen and oxygen atoms in total. The summed E-state index contributed by atoms with van der Waals surface area (Å²) in [6.07, 6.45) is 0. The fourth-order valence-corrected chi connectivity index (χ4v) is 1.14. The number of methoxy groups -OCH3 is 1. The van der Waals surface area contributed by atoms with Crippen LogP contribution in [-0.4, -0.2) is 19.3 Å². The zero-order valence-electron chi connectivity index (χ0n) is 6.35. The smallest absolute Gasteiger partial charge is 0.268 e. The molecule has 0 aliphatic rings. The minimum Gasteiger partial charge on any atom is -0.478 e. The van der Waals surface area contributed by atoms with Crippen molar-refractivity contribution in [3.8, 4) is 5.88 Å². The lowest BCUT2D eigenvalue weighted by Gasteiger charge is -1.92. The number of aromatic nitrogens is 1. The van der Waals surface area contributed by atoms with Gasteiger partial charge in [0.15, 0.2) is 5.76 Å². The van der Waals surface area contributed by atoms with Crippen LogP contribution in [0.2, 0.25) is 0 Å². The maximum Gasteiger partial charge on any atom is 0.268 e. The van der Waals surface area contributed by atoms with Gasteiger partial charge in [-0.05, 0) is 28.1 Å². The highest BCUT2D eigenvalue weighted by Crippen LogP contribution is 2.26. The van der Waals surface area contributed by atoms with Crippen LogP contribution in [0.25, 0.3) is 0 Å². The lowest BCUT2D eigenvalue weighted by molar-refractivity contribution is 0.324. The molecule has 0 aromatic carbocycles. The summed E-state index contributed by atoms with van der Waals surface area (Å²) in [5.74, 6) is 1.22. The van der Waals surface area contributed by atoms with Gasteiger partial charge in [-0.25, -0.2) is 0 Å². The highest BCUT2D eigenvalue weighted by molar-refractivity contribution is 9.10. The van der Waals surface area contributed by atoms with Crippen molar-refractivity contribution in [1.82, 2.24) is 10.5 Å². The van der Waals surface area contributed by atoms with E-state index in [0.29, 0.717) is 12.4 Å². The maximum atomic E-state index is 4.94. The van der Waals surface area contributed by atoms with Crippen LogP contribution >= 0.6 is 15.9 Å². The third-order valence-electron chi connectivity index (χ3n) is 1.20. The monoisotopic (exact) mass is 220 g/mol.